The lowest BCUT2D eigenvalue weighted by molar-refractivity contribution is 0.123. The molecule has 4 aromatic rings. The van der Waals surface area contributed by atoms with E-state index in [2.05, 4.69) is 45.2 Å². The number of benzene rings is 1. The number of rotatable bonds is 3. The van der Waals surface area contributed by atoms with Crippen molar-refractivity contribution >= 4 is 27.4 Å². The summed E-state index contributed by atoms with van der Waals surface area (Å²) >= 11 is 1.78. The summed E-state index contributed by atoms with van der Waals surface area (Å²) in [5.41, 5.74) is 4.36. The topological polar surface area (TPSA) is 54.0 Å². The Kier molecular flexibility index (Phi) is 3.92. The average Bonchev–Trinajstić information content (AvgIpc) is 3.36. The summed E-state index contributed by atoms with van der Waals surface area (Å²) in [6.45, 7) is 3.51. The molecule has 5 rings (SSSR count). The maximum atomic E-state index is 5.44. The molecule has 0 amide bonds. The van der Waals surface area contributed by atoms with Crippen LogP contribution in [0.2, 0.25) is 0 Å². The Morgan fingerprint density at radius 2 is 1.81 bits per heavy atom. The lowest BCUT2D eigenvalue weighted by Crippen LogP contribution is -2.35. The van der Waals surface area contributed by atoms with Crippen molar-refractivity contribution in [2.75, 3.05) is 31.2 Å². The van der Waals surface area contributed by atoms with Gasteiger partial charge in [0, 0.05) is 25.5 Å². The number of hydrogen-bond acceptors (Lipinski definition) is 5. The summed E-state index contributed by atoms with van der Waals surface area (Å²) in [6, 6.07) is 14.7. The van der Waals surface area contributed by atoms with E-state index in [1.807, 2.05) is 24.5 Å². The van der Waals surface area contributed by atoms with Gasteiger partial charge in [-0.15, -0.1) is 11.3 Å². The normalized spacial score (nSPS) is 14.8. The van der Waals surface area contributed by atoms with E-state index in [1.54, 1.807) is 11.3 Å². The second-order valence-corrected chi connectivity index (χ2v) is 7.35. The second-order valence-electron chi connectivity index (χ2n) is 6.29. The number of H-pyrrole nitrogens is 1. The van der Waals surface area contributed by atoms with Gasteiger partial charge in [-0.1, -0.05) is 6.07 Å². The highest BCUT2D eigenvalue weighted by atomic mass is 32.1. The van der Waals surface area contributed by atoms with Crippen molar-refractivity contribution < 1.29 is 4.74 Å². The first kappa shape index (κ1) is 15.5. The summed E-state index contributed by atoms with van der Waals surface area (Å²) in [5, 5.41) is 1.28. The maximum Gasteiger partial charge on any atom is 0.148 e. The summed E-state index contributed by atoms with van der Waals surface area (Å²) in [5.74, 6) is 0.927. The van der Waals surface area contributed by atoms with Crippen LogP contribution in [0.4, 0.5) is 5.00 Å². The molecule has 6 heteroatoms. The number of morpholine rings is 1. The molecular weight excluding hydrogens is 344 g/mol. The van der Waals surface area contributed by atoms with Crippen molar-refractivity contribution in [1.29, 1.82) is 0 Å². The number of pyridine rings is 1. The number of fused-ring (bicyclic) bond motifs is 1. The van der Waals surface area contributed by atoms with E-state index >= 15 is 0 Å². The van der Waals surface area contributed by atoms with Gasteiger partial charge in [0.2, 0.25) is 0 Å². The molecule has 3 aromatic heterocycles. The Bertz CT molecular complexity index is 1030. The van der Waals surface area contributed by atoms with Gasteiger partial charge in [0.05, 0.1) is 34.1 Å². The van der Waals surface area contributed by atoms with Crippen LogP contribution >= 0.6 is 11.3 Å². The lowest BCUT2D eigenvalue weighted by Gasteiger charge is -2.27. The first-order valence-corrected chi connectivity index (χ1v) is 9.51. The zero-order valence-electron chi connectivity index (χ0n) is 14.2. The van der Waals surface area contributed by atoms with Gasteiger partial charge in [0.15, 0.2) is 0 Å². The monoisotopic (exact) mass is 362 g/mol. The summed E-state index contributed by atoms with van der Waals surface area (Å²) in [7, 11) is 0. The van der Waals surface area contributed by atoms with E-state index in [4.69, 9.17) is 9.72 Å². The molecule has 1 saturated heterocycles. The third-order valence-corrected chi connectivity index (χ3v) is 5.80. The second kappa shape index (κ2) is 6.55. The van der Waals surface area contributed by atoms with E-state index in [0.29, 0.717) is 0 Å². The highest BCUT2D eigenvalue weighted by molar-refractivity contribution is 7.19. The molecule has 5 nitrogen and oxygen atoms in total. The van der Waals surface area contributed by atoms with Gasteiger partial charge in [-0.25, -0.2) is 4.98 Å². The van der Waals surface area contributed by atoms with Crippen molar-refractivity contribution in [2.45, 2.75) is 0 Å². The molecule has 0 unspecified atom stereocenters. The van der Waals surface area contributed by atoms with Crippen LogP contribution in [-0.4, -0.2) is 41.3 Å². The predicted molar refractivity (Wildman–Crippen MR) is 106 cm³/mol. The van der Waals surface area contributed by atoms with Crippen LogP contribution < -0.4 is 4.90 Å². The molecule has 0 saturated carbocycles. The molecule has 1 fully saturated rings. The van der Waals surface area contributed by atoms with E-state index < -0.39 is 0 Å². The number of nitrogens with one attached hydrogen (secondary N) is 1. The van der Waals surface area contributed by atoms with Gasteiger partial charge in [-0.05, 0) is 47.5 Å². The molecule has 4 heterocycles. The van der Waals surface area contributed by atoms with E-state index in [1.165, 1.54) is 5.00 Å². The zero-order chi connectivity index (χ0) is 17.3. The minimum Gasteiger partial charge on any atom is -0.378 e. The number of imidazole rings is 1. The highest BCUT2D eigenvalue weighted by Gasteiger charge is 2.15. The standard InChI is InChI=1S/C20H18N4OS/c1-2-16-17(13-15(1)14-5-7-21-8-6-14)23-20(22-16)18-3-4-19(26-18)24-9-11-25-12-10-24/h1-8,13H,9-12H2,(H,22,23). The van der Waals surface area contributed by atoms with Gasteiger partial charge >= 0.3 is 0 Å². The van der Waals surface area contributed by atoms with Crippen molar-refractivity contribution in [3.63, 3.8) is 0 Å². The largest absolute Gasteiger partial charge is 0.378 e. The highest BCUT2D eigenvalue weighted by Crippen LogP contribution is 2.34. The fourth-order valence-electron chi connectivity index (χ4n) is 3.26. The number of hydrogen-bond donors (Lipinski definition) is 1. The van der Waals surface area contributed by atoms with Gasteiger partial charge in [-0.3, -0.25) is 4.98 Å². The Labute approximate surface area is 155 Å². The Balaban J connectivity index is 1.47. The molecule has 0 radical (unpaired) electrons. The first-order valence-electron chi connectivity index (χ1n) is 8.70. The number of anilines is 1. The van der Waals surface area contributed by atoms with Crippen LogP contribution in [0.3, 0.4) is 0 Å². The molecular formula is C20H18N4OS. The molecule has 0 aliphatic carbocycles. The van der Waals surface area contributed by atoms with Crippen LogP contribution in [0.25, 0.3) is 32.9 Å². The summed E-state index contributed by atoms with van der Waals surface area (Å²) < 4.78 is 5.44. The molecule has 1 aliphatic heterocycles. The number of aromatic nitrogens is 3. The Hall–Kier alpha value is -2.70. The number of aromatic amines is 1. The SMILES string of the molecule is c1cc(-c2ccc3nc(-c4ccc(N5CCOCC5)s4)[nH]c3c2)ccn1. The molecule has 1 aliphatic rings. The number of ether oxygens (including phenoxy) is 1. The molecule has 0 bridgehead atoms. The van der Waals surface area contributed by atoms with Crippen LogP contribution in [0.5, 0.6) is 0 Å². The van der Waals surface area contributed by atoms with E-state index in [-0.39, 0.29) is 0 Å². The van der Waals surface area contributed by atoms with Crippen LogP contribution in [0, 0.1) is 0 Å². The summed E-state index contributed by atoms with van der Waals surface area (Å²) in [6.07, 6.45) is 3.63. The third-order valence-electron chi connectivity index (χ3n) is 4.64. The Morgan fingerprint density at radius 3 is 2.65 bits per heavy atom. The zero-order valence-corrected chi connectivity index (χ0v) is 15.0. The van der Waals surface area contributed by atoms with Crippen molar-refractivity contribution in [2.24, 2.45) is 0 Å². The fourth-order valence-corrected chi connectivity index (χ4v) is 4.26. The third kappa shape index (κ3) is 2.87. The van der Waals surface area contributed by atoms with E-state index in [9.17, 15) is 0 Å². The molecule has 130 valence electrons. The Morgan fingerprint density at radius 1 is 0.962 bits per heavy atom. The van der Waals surface area contributed by atoms with Gasteiger partial charge in [-0.2, -0.15) is 0 Å². The predicted octanol–water partition coefficient (Wildman–Crippen LogP) is 4.19. The van der Waals surface area contributed by atoms with Crippen molar-refractivity contribution in [3.8, 4) is 21.8 Å². The molecule has 26 heavy (non-hydrogen) atoms. The molecule has 1 N–H and O–H groups in total. The minimum absolute atomic E-state index is 0.801. The maximum absolute atomic E-state index is 5.44. The van der Waals surface area contributed by atoms with Gasteiger partial charge in [0.25, 0.3) is 0 Å². The van der Waals surface area contributed by atoms with Crippen LogP contribution in [0.1, 0.15) is 0 Å². The lowest BCUT2D eigenvalue weighted by atomic mass is 10.1. The molecule has 0 spiro atoms. The van der Waals surface area contributed by atoms with Crippen LogP contribution in [-0.2, 0) is 4.74 Å². The van der Waals surface area contributed by atoms with E-state index in [0.717, 1.165) is 59.2 Å². The molecule has 1 aromatic carbocycles. The minimum atomic E-state index is 0.801. The summed E-state index contributed by atoms with van der Waals surface area (Å²) in [4.78, 5) is 15.9. The fraction of sp³-hybridized carbons (Fsp3) is 0.200. The molecule has 0 atom stereocenters. The van der Waals surface area contributed by atoms with Crippen molar-refractivity contribution in [3.05, 3.63) is 54.9 Å². The average molecular weight is 362 g/mol. The quantitative estimate of drug-likeness (QED) is 0.594. The first-order chi connectivity index (χ1) is 12.9. The van der Waals surface area contributed by atoms with Gasteiger partial charge in [0.1, 0.15) is 5.82 Å². The number of nitrogens with zero attached hydrogens (tertiary/aromatic N) is 3. The smallest absolute Gasteiger partial charge is 0.148 e. The number of thiophene rings is 1. The van der Waals surface area contributed by atoms with Gasteiger partial charge < -0.3 is 14.6 Å². The van der Waals surface area contributed by atoms with Crippen molar-refractivity contribution in [1.82, 2.24) is 15.0 Å². The van der Waals surface area contributed by atoms with Crippen LogP contribution in [0.15, 0.2) is 54.9 Å².